The monoisotopic (exact) mass is 342 g/mol. The van der Waals surface area contributed by atoms with Crippen LogP contribution >= 0.6 is 0 Å². The molecule has 0 unspecified atom stereocenters. The third-order valence-electron chi connectivity index (χ3n) is 4.35. The highest BCUT2D eigenvalue weighted by Gasteiger charge is 2.20. The van der Waals surface area contributed by atoms with Crippen molar-refractivity contribution in [1.29, 1.82) is 0 Å². The second-order valence-corrected chi connectivity index (χ2v) is 6.34. The molecule has 1 amide bonds. The van der Waals surface area contributed by atoms with E-state index in [4.69, 9.17) is 0 Å². The summed E-state index contributed by atoms with van der Waals surface area (Å²) in [4.78, 5) is 23.1. The molecule has 0 spiro atoms. The number of halogens is 1. The highest BCUT2D eigenvalue weighted by atomic mass is 19.1. The van der Waals surface area contributed by atoms with Crippen LogP contribution in [0, 0.1) is 12.7 Å². The van der Waals surface area contributed by atoms with E-state index in [0.29, 0.717) is 30.2 Å². The third-order valence-corrected chi connectivity index (χ3v) is 4.35. The first kappa shape index (κ1) is 17.3. The van der Waals surface area contributed by atoms with Crippen LogP contribution in [0.1, 0.15) is 41.0 Å². The van der Waals surface area contributed by atoms with Crippen molar-refractivity contribution >= 4 is 11.9 Å². The van der Waals surface area contributed by atoms with Gasteiger partial charge in [0.1, 0.15) is 11.5 Å². The van der Waals surface area contributed by atoms with Crippen molar-refractivity contribution in [2.75, 3.05) is 25.0 Å². The number of hydrogen-bond acceptors (Lipinski definition) is 4. The van der Waals surface area contributed by atoms with Gasteiger partial charge in [0.25, 0.3) is 5.91 Å². The predicted octanol–water partition coefficient (Wildman–Crippen LogP) is 3.20. The van der Waals surface area contributed by atoms with Crippen LogP contribution in [0.25, 0.3) is 0 Å². The van der Waals surface area contributed by atoms with Crippen LogP contribution in [0.15, 0.2) is 30.3 Å². The maximum atomic E-state index is 13.6. The summed E-state index contributed by atoms with van der Waals surface area (Å²) in [5, 5.41) is 3.10. The van der Waals surface area contributed by atoms with Crippen molar-refractivity contribution in [3.63, 3.8) is 0 Å². The summed E-state index contributed by atoms with van der Waals surface area (Å²) in [6.45, 7) is 3.92. The Balaban J connectivity index is 1.65. The lowest BCUT2D eigenvalue weighted by Crippen LogP contribution is -2.36. The Morgan fingerprint density at radius 2 is 1.96 bits per heavy atom. The van der Waals surface area contributed by atoms with Gasteiger partial charge in [0.05, 0.1) is 0 Å². The van der Waals surface area contributed by atoms with Gasteiger partial charge in [0.15, 0.2) is 0 Å². The van der Waals surface area contributed by atoms with Gasteiger partial charge in [-0.2, -0.15) is 0 Å². The molecule has 0 atom stereocenters. The van der Waals surface area contributed by atoms with E-state index in [1.165, 1.54) is 12.5 Å². The minimum absolute atomic E-state index is 0.0395. The lowest BCUT2D eigenvalue weighted by molar-refractivity contribution is 0.0718. The van der Waals surface area contributed by atoms with E-state index in [2.05, 4.69) is 15.3 Å². The van der Waals surface area contributed by atoms with Crippen molar-refractivity contribution < 1.29 is 9.18 Å². The summed E-state index contributed by atoms with van der Waals surface area (Å²) in [6, 6.07) is 8.43. The van der Waals surface area contributed by atoms with Crippen molar-refractivity contribution in [2.45, 2.75) is 32.6 Å². The zero-order chi connectivity index (χ0) is 17.6. The zero-order valence-electron chi connectivity index (χ0n) is 14.5. The van der Waals surface area contributed by atoms with E-state index in [1.807, 2.05) is 17.9 Å². The summed E-state index contributed by atoms with van der Waals surface area (Å²) >= 11 is 0. The van der Waals surface area contributed by atoms with E-state index in [-0.39, 0.29) is 11.7 Å². The summed E-state index contributed by atoms with van der Waals surface area (Å²) < 4.78 is 13.6. The fraction of sp³-hybridized carbons (Fsp3) is 0.421. The first-order valence-electron chi connectivity index (χ1n) is 8.76. The normalized spacial score (nSPS) is 14.4. The van der Waals surface area contributed by atoms with Gasteiger partial charge in [0, 0.05) is 25.3 Å². The smallest absolute Gasteiger partial charge is 0.272 e. The number of piperidine rings is 1. The van der Waals surface area contributed by atoms with Gasteiger partial charge in [-0.3, -0.25) is 4.79 Å². The van der Waals surface area contributed by atoms with Crippen LogP contribution in [0.3, 0.4) is 0 Å². The Morgan fingerprint density at radius 1 is 1.20 bits per heavy atom. The van der Waals surface area contributed by atoms with Gasteiger partial charge in [0.2, 0.25) is 5.95 Å². The van der Waals surface area contributed by atoms with Gasteiger partial charge in [-0.05, 0) is 50.3 Å². The molecule has 5 nitrogen and oxygen atoms in total. The summed E-state index contributed by atoms with van der Waals surface area (Å²) in [7, 11) is 0. The molecule has 6 heteroatoms. The third kappa shape index (κ3) is 4.53. The number of likely N-dealkylation sites (tertiary alicyclic amines) is 1. The first-order valence-corrected chi connectivity index (χ1v) is 8.76. The van der Waals surface area contributed by atoms with Crippen molar-refractivity contribution in [3.05, 3.63) is 53.1 Å². The highest BCUT2D eigenvalue weighted by molar-refractivity contribution is 5.92. The molecule has 1 aromatic carbocycles. The molecular weight excluding hydrogens is 319 g/mol. The van der Waals surface area contributed by atoms with Crippen LogP contribution in [0.5, 0.6) is 0 Å². The second-order valence-electron chi connectivity index (χ2n) is 6.34. The lowest BCUT2D eigenvalue weighted by Gasteiger charge is -2.26. The number of benzene rings is 1. The van der Waals surface area contributed by atoms with E-state index >= 15 is 0 Å². The van der Waals surface area contributed by atoms with Crippen LogP contribution in [0.2, 0.25) is 0 Å². The van der Waals surface area contributed by atoms with Gasteiger partial charge in [-0.25, -0.2) is 14.4 Å². The number of aromatic nitrogens is 2. The highest BCUT2D eigenvalue weighted by Crippen LogP contribution is 2.14. The number of rotatable bonds is 5. The Morgan fingerprint density at radius 3 is 2.72 bits per heavy atom. The molecule has 0 radical (unpaired) electrons. The molecule has 1 aliphatic heterocycles. The molecular formula is C19H23FN4O. The van der Waals surface area contributed by atoms with Gasteiger partial charge < -0.3 is 10.2 Å². The molecule has 1 N–H and O–H groups in total. The number of nitrogens with one attached hydrogen (secondary N) is 1. The average molecular weight is 342 g/mol. The topological polar surface area (TPSA) is 58.1 Å². The number of carbonyl (C=O) groups excluding carboxylic acids is 1. The van der Waals surface area contributed by atoms with Gasteiger partial charge in [-0.1, -0.05) is 18.2 Å². The molecule has 25 heavy (non-hydrogen) atoms. The minimum atomic E-state index is -0.213. The molecule has 2 aromatic rings. The molecule has 0 aliphatic carbocycles. The average Bonchev–Trinajstić information content (AvgIpc) is 2.63. The van der Waals surface area contributed by atoms with Gasteiger partial charge in [-0.15, -0.1) is 0 Å². The summed E-state index contributed by atoms with van der Waals surface area (Å²) in [5.74, 6) is 0.162. The van der Waals surface area contributed by atoms with E-state index in [9.17, 15) is 9.18 Å². The van der Waals surface area contributed by atoms with E-state index < -0.39 is 0 Å². The van der Waals surface area contributed by atoms with E-state index in [0.717, 1.165) is 31.6 Å². The molecule has 1 saturated heterocycles. The minimum Gasteiger partial charge on any atom is -0.354 e. The SMILES string of the molecule is Cc1cc(C(=O)N2CCCCC2)nc(NCCc2ccccc2F)n1. The fourth-order valence-corrected chi connectivity index (χ4v) is 3.03. The Bertz CT molecular complexity index is 744. The maximum Gasteiger partial charge on any atom is 0.272 e. The van der Waals surface area contributed by atoms with Crippen LogP contribution in [-0.4, -0.2) is 40.4 Å². The summed E-state index contributed by atoms with van der Waals surface area (Å²) in [5.41, 5.74) is 1.80. The quantitative estimate of drug-likeness (QED) is 0.906. The predicted molar refractivity (Wildman–Crippen MR) is 95.1 cm³/mol. The standard InChI is InChI=1S/C19H23FN4O/c1-14-13-17(18(25)24-11-5-2-6-12-24)23-19(22-14)21-10-9-15-7-3-4-8-16(15)20/h3-4,7-8,13H,2,5-6,9-12H2,1H3,(H,21,22,23). The second kappa shape index (κ2) is 8.05. The molecule has 0 saturated carbocycles. The number of aryl methyl sites for hydroxylation is 1. The van der Waals surface area contributed by atoms with Crippen molar-refractivity contribution in [1.82, 2.24) is 14.9 Å². The molecule has 1 fully saturated rings. The van der Waals surface area contributed by atoms with E-state index in [1.54, 1.807) is 18.2 Å². The molecule has 2 heterocycles. The Labute approximate surface area is 147 Å². The van der Waals surface area contributed by atoms with Crippen molar-refractivity contribution in [2.24, 2.45) is 0 Å². The molecule has 1 aliphatic rings. The Hall–Kier alpha value is -2.50. The molecule has 0 bridgehead atoms. The molecule has 132 valence electrons. The fourth-order valence-electron chi connectivity index (χ4n) is 3.03. The summed E-state index contributed by atoms with van der Waals surface area (Å²) in [6.07, 6.45) is 3.79. The number of nitrogens with zero attached hydrogens (tertiary/aromatic N) is 3. The zero-order valence-corrected chi connectivity index (χ0v) is 14.5. The number of hydrogen-bond donors (Lipinski definition) is 1. The Kier molecular flexibility index (Phi) is 5.58. The number of carbonyl (C=O) groups is 1. The van der Waals surface area contributed by atoms with Gasteiger partial charge >= 0.3 is 0 Å². The van der Waals surface area contributed by atoms with Crippen molar-refractivity contribution in [3.8, 4) is 0 Å². The number of amides is 1. The maximum absolute atomic E-state index is 13.6. The van der Waals surface area contributed by atoms with Crippen LogP contribution in [-0.2, 0) is 6.42 Å². The first-order chi connectivity index (χ1) is 12.1. The molecule has 3 rings (SSSR count). The number of anilines is 1. The van der Waals surface area contributed by atoms with Crippen LogP contribution < -0.4 is 5.32 Å². The largest absolute Gasteiger partial charge is 0.354 e. The lowest BCUT2D eigenvalue weighted by atomic mass is 10.1. The molecule has 1 aromatic heterocycles. The van der Waals surface area contributed by atoms with Crippen LogP contribution in [0.4, 0.5) is 10.3 Å².